The molecule has 1 aromatic heterocycles. The smallest absolute Gasteiger partial charge is 0.175 e. The second-order valence-corrected chi connectivity index (χ2v) is 9.40. The third-order valence-electron chi connectivity index (χ3n) is 5.70. The van der Waals surface area contributed by atoms with Gasteiger partial charge in [-0.1, -0.05) is 89.9 Å². The van der Waals surface area contributed by atoms with Crippen molar-refractivity contribution in [3.63, 3.8) is 0 Å². The molecule has 3 aromatic carbocycles. The van der Waals surface area contributed by atoms with Crippen molar-refractivity contribution < 1.29 is 0 Å². The van der Waals surface area contributed by atoms with Crippen molar-refractivity contribution in [1.29, 1.82) is 0 Å². The average Bonchev–Trinajstić information content (AvgIpc) is 3.09. The highest BCUT2D eigenvalue weighted by atomic mass is 35.5. The van der Waals surface area contributed by atoms with Crippen LogP contribution < -0.4 is 5.32 Å². The molecule has 0 bridgehead atoms. The van der Waals surface area contributed by atoms with Gasteiger partial charge in [0.15, 0.2) is 10.9 Å². The third kappa shape index (κ3) is 5.98. The van der Waals surface area contributed by atoms with Crippen LogP contribution in [0.5, 0.6) is 0 Å². The van der Waals surface area contributed by atoms with Gasteiger partial charge in [0.25, 0.3) is 0 Å². The zero-order valence-corrected chi connectivity index (χ0v) is 21.5. The maximum atomic E-state index is 6.41. The zero-order valence-electron chi connectivity index (χ0n) is 19.1. The fourth-order valence-corrected chi connectivity index (χ4v) is 4.53. The van der Waals surface area contributed by atoms with Gasteiger partial charge in [-0.2, -0.15) is 0 Å². The van der Waals surface area contributed by atoms with E-state index < -0.39 is 0 Å². The molecule has 0 spiro atoms. The Labute approximate surface area is 216 Å². The van der Waals surface area contributed by atoms with E-state index in [1.54, 1.807) is 6.07 Å². The molecule has 4 nitrogen and oxygen atoms in total. The minimum absolute atomic E-state index is 0.604. The molecule has 0 atom stereocenters. The van der Waals surface area contributed by atoms with Crippen LogP contribution in [0.3, 0.4) is 0 Å². The molecule has 0 fully saturated rings. The molecule has 0 radical (unpaired) electrons. The Kier molecular flexibility index (Phi) is 7.88. The number of nitrogens with zero attached hydrogens (tertiary/aromatic N) is 3. The molecule has 1 heterocycles. The van der Waals surface area contributed by atoms with Gasteiger partial charge in [-0.05, 0) is 54.9 Å². The van der Waals surface area contributed by atoms with Gasteiger partial charge in [0.1, 0.15) is 5.82 Å². The number of hydrogen-bond donors (Lipinski definition) is 1. The van der Waals surface area contributed by atoms with E-state index in [2.05, 4.69) is 39.0 Å². The van der Waals surface area contributed by atoms with Gasteiger partial charge in [-0.3, -0.25) is 0 Å². The summed E-state index contributed by atoms with van der Waals surface area (Å²) in [5.41, 5.74) is 4.36. The Morgan fingerprint density at radius 1 is 0.912 bits per heavy atom. The number of nitrogens with one attached hydrogen (secondary N) is 1. The number of hydrogen-bond acceptors (Lipinski definition) is 2. The van der Waals surface area contributed by atoms with Crippen LogP contribution in [0.15, 0.2) is 78.9 Å². The maximum absolute atomic E-state index is 6.41. The summed E-state index contributed by atoms with van der Waals surface area (Å²) in [5, 5.41) is 5.29. The molecule has 0 aliphatic carbocycles. The molecule has 0 aliphatic heterocycles. The van der Waals surface area contributed by atoms with Gasteiger partial charge in [0.05, 0.1) is 12.2 Å². The van der Waals surface area contributed by atoms with Crippen molar-refractivity contribution in [3.8, 4) is 0 Å². The number of benzene rings is 3. The topological polar surface area (TPSA) is 33.1 Å². The van der Waals surface area contributed by atoms with Crippen LogP contribution >= 0.6 is 35.4 Å². The molecule has 174 valence electrons. The Morgan fingerprint density at radius 2 is 1.50 bits per heavy atom. The fraction of sp³-hybridized carbons (Fsp3) is 0.185. The zero-order chi connectivity index (χ0) is 24.1. The van der Waals surface area contributed by atoms with Gasteiger partial charge in [-0.25, -0.2) is 4.98 Å². The lowest BCUT2D eigenvalue weighted by Gasteiger charge is -2.26. The summed E-state index contributed by atoms with van der Waals surface area (Å²) < 4.78 is 2.12. The Hall–Kier alpha value is -2.86. The van der Waals surface area contributed by atoms with Gasteiger partial charge in [0.2, 0.25) is 0 Å². The number of anilines is 1. The molecule has 0 saturated carbocycles. The van der Waals surface area contributed by atoms with Crippen LogP contribution in [0.4, 0.5) is 5.82 Å². The number of aryl methyl sites for hydroxylation is 1. The summed E-state index contributed by atoms with van der Waals surface area (Å²) in [6.45, 7) is 6.01. The Morgan fingerprint density at radius 3 is 2.06 bits per heavy atom. The fourth-order valence-electron chi connectivity index (χ4n) is 3.83. The van der Waals surface area contributed by atoms with E-state index in [1.165, 1.54) is 11.1 Å². The summed E-state index contributed by atoms with van der Waals surface area (Å²) in [4.78, 5) is 6.92. The number of aromatic nitrogens is 2. The first-order valence-corrected chi connectivity index (χ1v) is 12.2. The molecule has 0 amide bonds. The predicted octanol–water partition coefficient (Wildman–Crippen LogP) is 7.25. The van der Waals surface area contributed by atoms with Crippen molar-refractivity contribution in [1.82, 2.24) is 14.5 Å². The molecule has 0 saturated heterocycles. The minimum Gasteiger partial charge on any atom is -0.340 e. The molecule has 0 aliphatic rings. The van der Waals surface area contributed by atoms with Crippen LogP contribution in [-0.2, 0) is 19.6 Å². The molecule has 0 unspecified atom stereocenters. The molecule has 34 heavy (non-hydrogen) atoms. The highest BCUT2D eigenvalue weighted by Gasteiger charge is 2.17. The molecule has 4 aromatic rings. The van der Waals surface area contributed by atoms with Crippen molar-refractivity contribution >= 4 is 46.4 Å². The first-order chi connectivity index (χ1) is 16.4. The van der Waals surface area contributed by atoms with Crippen molar-refractivity contribution in [2.24, 2.45) is 0 Å². The van der Waals surface area contributed by atoms with Gasteiger partial charge in [-0.15, -0.1) is 0 Å². The summed E-state index contributed by atoms with van der Waals surface area (Å²) in [7, 11) is 0. The molecule has 4 rings (SSSR count). The van der Waals surface area contributed by atoms with Crippen molar-refractivity contribution in [3.05, 3.63) is 117 Å². The second kappa shape index (κ2) is 11.0. The molecular formula is C27H26Cl2N4S. The SMILES string of the molecule is Cc1nc(NC(=S)N(Cc2ccccc2)Cc2ccccc2)c(C)n1Cc1ccc(Cl)cc1Cl. The standard InChI is InChI=1S/C27H26Cl2N4S/c1-19-26(30-20(2)33(19)18-23-13-14-24(28)15-25(23)29)31-27(34)32(16-21-9-5-3-6-10-21)17-22-11-7-4-8-12-22/h3-15H,16-18H2,1-2H3,(H,31,34). The van der Waals surface area contributed by atoms with Crippen LogP contribution in [-0.4, -0.2) is 19.6 Å². The maximum Gasteiger partial charge on any atom is 0.175 e. The van der Waals surface area contributed by atoms with E-state index in [0.29, 0.717) is 34.8 Å². The summed E-state index contributed by atoms with van der Waals surface area (Å²) in [6, 6.07) is 26.2. The average molecular weight is 510 g/mol. The molecule has 7 heteroatoms. The van der Waals surface area contributed by atoms with E-state index in [-0.39, 0.29) is 0 Å². The largest absolute Gasteiger partial charge is 0.340 e. The van der Waals surface area contributed by atoms with Gasteiger partial charge in [0, 0.05) is 23.1 Å². The number of halogens is 2. The summed E-state index contributed by atoms with van der Waals surface area (Å²) >= 11 is 18.3. The summed E-state index contributed by atoms with van der Waals surface area (Å²) in [6.07, 6.45) is 0. The monoisotopic (exact) mass is 508 g/mol. The van der Waals surface area contributed by atoms with Crippen molar-refractivity contribution in [2.75, 3.05) is 5.32 Å². The lowest BCUT2D eigenvalue weighted by Crippen LogP contribution is -2.34. The van der Waals surface area contributed by atoms with Crippen molar-refractivity contribution in [2.45, 2.75) is 33.5 Å². The van der Waals surface area contributed by atoms with Crippen LogP contribution in [0.1, 0.15) is 28.2 Å². The van der Waals surface area contributed by atoms with E-state index in [9.17, 15) is 0 Å². The number of thiocarbonyl (C=S) groups is 1. The summed E-state index contributed by atoms with van der Waals surface area (Å²) in [5.74, 6) is 1.63. The highest BCUT2D eigenvalue weighted by Crippen LogP contribution is 2.25. The van der Waals surface area contributed by atoms with Gasteiger partial charge < -0.3 is 14.8 Å². The second-order valence-electron chi connectivity index (χ2n) is 8.17. The Balaban J connectivity index is 1.55. The first kappa shape index (κ1) is 24.3. The lowest BCUT2D eigenvalue weighted by atomic mass is 10.2. The van der Waals surface area contributed by atoms with E-state index in [0.717, 1.165) is 22.9 Å². The predicted molar refractivity (Wildman–Crippen MR) is 146 cm³/mol. The lowest BCUT2D eigenvalue weighted by molar-refractivity contribution is 0.412. The quantitative estimate of drug-likeness (QED) is 0.266. The molecule has 1 N–H and O–H groups in total. The van der Waals surface area contributed by atoms with E-state index in [4.69, 9.17) is 40.4 Å². The molecular weight excluding hydrogens is 483 g/mol. The third-order valence-corrected chi connectivity index (χ3v) is 6.65. The first-order valence-electron chi connectivity index (χ1n) is 11.0. The van der Waals surface area contributed by atoms with Crippen LogP contribution in [0.25, 0.3) is 0 Å². The number of rotatable bonds is 7. The van der Waals surface area contributed by atoms with Gasteiger partial charge >= 0.3 is 0 Å². The van der Waals surface area contributed by atoms with Crippen LogP contribution in [0.2, 0.25) is 10.0 Å². The van der Waals surface area contributed by atoms with Crippen LogP contribution in [0, 0.1) is 13.8 Å². The van der Waals surface area contributed by atoms with E-state index >= 15 is 0 Å². The number of imidazole rings is 1. The van der Waals surface area contributed by atoms with E-state index in [1.807, 2.05) is 62.4 Å². The minimum atomic E-state index is 0.604. The Bertz CT molecular complexity index is 1230. The normalized spacial score (nSPS) is 10.8. The highest BCUT2D eigenvalue weighted by molar-refractivity contribution is 7.80.